The van der Waals surface area contributed by atoms with Crippen LogP contribution in [-0.4, -0.2) is 50.5 Å². The Balaban J connectivity index is 2.42. The van der Waals surface area contributed by atoms with Gasteiger partial charge in [0.2, 0.25) is 21.8 Å². The quantitative estimate of drug-likeness (QED) is 0.562. The Labute approximate surface area is 193 Å². The summed E-state index contributed by atoms with van der Waals surface area (Å²) in [6.07, 6.45) is 1.31. The van der Waals surface area contributed by atoms with Crippen LogP contribution < -0.4 is 9.62 Å². The van der Waals surface area contributed by atoms with E-state index in [1.54, 1.807) is 26.0 Å². The summed E-state index contributed by atoms with van der Waals surface area (Å²) < 4.78 is 39.2. The molecule has 0 aliphatic rings. The second kappa shape index (κ2) is 11.3. The Kier molecular flexibility index (Phi) is 9.03. The maximum atomic E-state index is 13.4. The van der Waals surface area contributed by atoms with Crippen molar-refractivity contribution in [2.75, 3.05) is 23.7 Å². The Bertz CT molecular complexity index is 1050. The van der Waals surface area contributed by atoms with E-state index in [-0.39, 0.29) is 18.1 Å². The van der Waals surface area contributed by atoms with Gasteiger partial charge in [0.05, 0.1) is 11.9 Å². The smallest absolute Gasteiger partial charge is 0.244 e. The first kappa shape index (κ1) is 25.6. The molecule has 10 heteroatoms. The van der Waals surface area contributed by atoms with Gasteiger partial charge < -0.3 is 10.2 Å². The third-order valence-electron chi connectivity index (χ3n) is 4.78. The molecular formula is C22H27ClFN3O4S. The SMILES string of the molecule is CCNC(=O)[C@@H](CC)N(Cc1ccc(F)cc1)C(=O)CN(c1cccc(Cl)c1)S(C)(=O)=O. The van der Waals surface area contributed by atoms with Crippen molar-refractivity contribution in [2.45, 2.75) is 32.9 Å². The number of halogens is 2. The largest absolute Gasteiger partial charge is 0.355 e. The van der Waals surface area contributed by atoms with E-state index in [9.17, 15) is 22.4 Å². The molecule has 2 rings (SSSR count). The van der Waals surface area contributed by atoms with Crippen molar-refractivity contribution < 1.29 is 22.4 Å². The number of amides is 2. The van der Waals surface area contributed by atoms with Gasteiger partial charge in [0.1, 0.15) is 18.4 Å². The fourth-order valence-electron chi connectivity index (χ4n) is 3.24. The van der Waals surface area contributed by atoms with Gasteiger partial charge in [-0.15, -0.1) is 0 Å². The standard InChI is InChI=1S/C22H27ClFN3O4S/c1-4-20(22(29)25-5-2)26(14-16-9-11-18(24)12-10-16)21(28)15-27(32(3,30)31)19-8-6-7-17(23)13-19/h6-13,20H,4-5,14-15H2,1-3H3,(H,25,29)/t20-/m1/s1. The molecule has 174 valence electrons. The molecule has 0 aromatic heterocycles. The van der Waals surface area contributed by atoms with Crippen molar-refractivity contribution >= 4 is 39.1 Å². The Hall–Kier alpha value is -2.65. The lowest BCUT2D eigenvalue weighted by Gasteiger charge is -2.32. The predicted octanol–water partition coefficient (Wildman–Crippen LogP) is 3.19. The molecule has 0 saturated carbocycles. The lowest BCUT2D eigenvalue weighted by Crippen LogP contribution is -2.52. The zero-order valence-electron chi connectivity index (χ0n) is 18.2. The highest BCUT2D eigenvalue weighted by molar-refractivity contribution is 7.92. The second-order valence-electron chi connectivity index (χ2n) is 7.22. The van der Waals surface area contributed by atoms with Crippen LogP contribution in [0, 0.1) is 5.82 Å². The number of nitrogens with one attached hydrogen (secondary N) is 1. The van der Waals surface area contributed by atoms with Gasteiger partial charge in [-0.1, -0.05) is 36.7 Å². The molecule has 0 saturated heterocycles. The molecule has 2 amide bonds. The summed E-state index contributed by atoms with van der Waals surface area (Å²) in [7, 11) is -3.83. The molecule has 2 aromatic rings. The van der Waals surface area contributed by atoms with Gasteiger partial charge in [-0.3, -0.25) is 13.9 Å². The minimum absolute atomic E-state index is 0.0158. The number of benzene rings is 2. The first-order valence-electron chi connectivity index (χ1n) is 10.1. The van der Waals surface area contributed by atoms with Crippen LogP contribution >= 0.6 is 11.6 Å². The zero-order valence-corrected chi connectivity index (χ0v) is 19.8. The summed E-state index contributed by atoms with van der Waals surface area (Å²) in [6, 6.07) is 10.9. The lowest BCUT2D eigenvalue weighted by molar-refractivity contribution is -0.140. The molecule has 32 heavy (non-hydrogen) atoms. The Morgan fingerprint density at radius 2 is 1.78 bits per heavy atom. The van der Waals surface area contributed by atoms with Crippen LogP contribution in [0.3, 0.4) is 0 Å². The van der Waals surface area contributed by atoms with Gasteiger partial charge in [0.25, 0.3) is 0 Å². The number of hydrogen-bond donors (Lipinski definition) is 1. The highest BCUT2D eigenvalue weighted by Crippen LogP contribution is 2.23. The van der Waals surface area contributed by atoms with Gasteiger partial charge in [-0.05, 0) is 49.2 Å². The van der Waals surface area contributed by atoms with Gasteiger partial charge in [0.15, 0.2) is 0 Å². The zero-order chi connectivity index (χ0) is 23.9. The molecule has 0 aliphatic carbocycles. The first-order valence-corrected chi connectivity index (χ1v) is 12.3. The number of likely N-dealkylation sites (N-methyl/N-ethyl adjacent to an activating group) is 1. The van der Waals surface area contributed by atoms with Crippen molar-refractivity contribution in [3.05, 3.63) is 64.9 Å². The summed E-state index contributed by atoms with van der Waals surface area (Å²) >= 11 is 6.01. The van der Waals surface area contributed by atoms with Crippen molar-refractivity contribution in [3.8, 4) is 0 Å². The molecule has 0 aliphatic heterocycles. The van der Waals surface area contributed by atoms with E-state index < -0.39 is 34.3 Å². The topological polar surface area (TPSA) is 86.8 Å². The summed E-state index contributed by atoms with van der Waals surface area (Å²) in [5.74, 6) is -1.34. The van der Waals surface area contributed by atoms with Gasteiger partial charge in [0, 0.05) is 18.1 Å². The van der Waals surface area contributed by atoms with Crippen LogP contribution in [0.15, 0.2) is 48.5 Å². The second-order valence-corrected chi connectivity index (χ2v) is 9.56. The number of hydrogen-bond acceptors (Lipinski definition) is 4. The fraction of sp³-hybridized carbons (Fsp3) is 0.364. The number of carbonyl (C=O) groups excluding carboxylic acids is 2. The number of anilines is 1. The van der Waals surface area contributed by atoms with Crippen molar-refractivity contribution in [2.24, 2.45) is 0 Å². The third-order valence-corrected chi connectivity index (χ3v) is 6.15. The molecule has 0 spiro atoms. The summed E-state index contributed by atoms with van der Waals surface area (Å²) in [4.78, 5) is 27.3. The minimum atomic E-state index is -3.83. The van der Waals surface area contributed by atoms with E-state index in [1.165, 1.54) is 41.3 Å². The Morgan fingerprint density at radius 1 is 1.12 bits per heavy atom. The van der Waals surface area contributed by atoms with E-state index in [4.69, 9.17) is 11.6 Å². The molecule has 0 radical (unpaired) electrons. The minimum Gasteiger partial charge on any atom is -0.355 e. The monoisotopic (exact) mass is 483 g/mol. The van der Waals surface area contributed by atoms with E-state index in [1.807, 2.05) is 0 Å². The van der Waals surface area contributed by atoms with Crippen LogP contribution in [-0.2, 0) is 26.2 Å². The first-order chi connectivity index (χ1) is 15.1. The van der Waals surface area contributed by atoms with Crippen LogP contribution in [0.1, 0.15) is 25.8 Å². The number of sulfonamides is 1. The molecule has 0 heterocycles. The van der Waals surface area contributed by atoms with Crippen LogP contribution in [0.5, 0.6) is 0 Å². The highest BCUT2D eigenvalue weighted by Gasteiger charge is 2.31. The average molecular weight is 484 g/mol. The number of rotatable bonds is 10. The molecule has 7 nitrogen and oxygen atoms in total. The third kappa shape index (κ3) is 6.93. The molecule has 0 fully saturated rings. The van der Waals surface area contributed by atoms with Crippen LogP contribution in [0.25, 0.3) is 0 Å². The average Bonchev–Trinajstić information content (AvgIpc) is 2.72. The Morgan fingerprint density at radius 3 is 2.31 bits per heavy atom. The van der Waals surface area contributed by atoms with Crippen molar-refractivity contribution in [1.82, 2.24) is 10.2 Å². The highest BCUT2D eigenvalue weighted by atomic mass is 35.5. The predicted molar refractivity (Wildman–Crippen MR) is 123 cm³/mol. The summed E-state index contributed by atoms with van der Waals surface area (Å²) in [5, 5.41) is 3.03. The molecule has 1 N–H and O–H groups in total. The van der Waals surface area contributed by atoms with E-state index in [2.05, 4.69) is 5.32 Å². The molecule has 1 atom stereocenters. The maximum Gasteiger partial charge on any atom is 0.244 e. The van der Waals surface area contributed by atoms with Gasteiger partial charge in [-0.25, -0.2) is 12.8 Å². The van der Waals surface area contributed by atoms with Crippen molar-refractivity contribution in [1.29, 1.82) is 0 Å². The van der Waals surface area contributed by atoms with Gasteiger partial charge >= 0.3 is 0 Å². The summed E-state index contributed by atoms with van der Waals surface area (Å²) in [6.45, 7) is 3.40. The number of carbonyl (C=O) groups is 2. The van der Waals surface area contributed by atoms with E-state index in [0.717, 1.165) is 10.6 Å². The number of nitrogens with zero attached hydrogens (tertiary/aromatic N) is 2. The normalized spacial score (nSPS) is 12.2. The van der Waals surface area contributed by atoms with Crippen molar-refractivity contribution in [3.63, 3.8) is 0 Å². The lowest BCUT2D eigenvalue weighted by atomic mass is 10.1. The summed E-state index contributed by atoms with van der Waals surface area (Å²) in [5.41, 5.74) is 0.845. The molecule has 0 bridgehead atoms. The van der Waals surface area contributed by atoms with Crippen LogP contribution in [0.2, 0.25) is 5.02 Å². The van der Waals surface area contributed by atoms with Crippen LogP contribution in [0.4, 0.5) is 10.1 Å². The van der Waals surface area contributed by atoms with Gasteiger partial charge in [-0.2, -0.15) is 0 Å². The van der Waals surface area contributed by atoms with E-state index >= 15 is 0 Å². The molecule has 2 aromatic carbocycles. The maximum absolute atomic E-state index is 13.4. The van der Waals surface area contributed by atoms with E-state index in [0.29, 0.717) is 23.6 Å². The molecular weight excluding hydrogens is 457 g/mol. The fourth-order valence-corrected chi connectivity index (χ4v) is 4.27. The molecule has 0 unspecified atom stereocenters.